The summed E-state index contributed by atoms with van der Waals surface area (Å²) in [5.74, 6) is 0.113. The monoisotopic (exact) mass is 266 g/mol. The largest absolute Gasteiger partial charge is 0.312 e. The summed E-state index contributed by atoms with van der Waals surface area (Å²) in [6.07, 6.45) is 3.33. The standard InChI is InChI=1S/C12H14N2O3S/c1-18(16,17)13-10-5-8-3-2-4-14-11(15)7-9(6-10)12(8)14/h5-6,13H,2-4,7H2,1H3. The van der Waals surface area contributed by atoms with E-state index in [0.29, 0.717) is 12.1 Å². The van der Waals surface area contributed by atoms with Gasteiger partial charge in [-0.15, -0.1) is 0 Å². The van der Waals surface area contributed by atoms with Crippen LogP contribution in [-0.2, 0) is 27.7 Å². The highest BCUT2D eigenvalue weighted by atomic mass is 32.2. The van der Waals surface area contributed by atoms with Crippen LogP contribution in [0.1, 0.15) is 17.5 Å². The maximum atomic E-state index is 11.8. The molecule has 0 spiro atoms. The van der Waals surface area contributed by atoms with Crippen molar-refractivity contribution in [2.24, 2.45) is 0 Å². The second kappa shape index (κ2) is 3.71. The number of aryl methyl sites for hydroxylation is 1. The zero-order valence-corrected chi connectivity index (χ0v) is 10.9. The van der Waals surface area contributed by atoms with Gasteiger partial charge in [0.2, 0.25) is 15.9 Å². The van der Waals surface area contributed by atoms with Gasteiger partial charge in [0, 0.05) is 12.2 Å². The van der Waals surface area contributed by atoms with Crippen LogP contribution in [0.3, 0.4) is 0 Å². The van der Waals surface area contributed by atoms with E-state index in [4.69, 9.17) is 0 Å². The molecule has 1 N–H and O–H groups in total. The van der Waals surface area contributed by atoms with Crippen molar-refractivity contribution in [1.29, 1.82) is 0 Å². The fraction of sp³-hybridized carbons (Fsp3) is 0.417. The number of amides is 1. The Hall–Kier alpha value is -1.56. The van der Waals surface area contributed by atoms with Crippen molar-refractivity contribution >= 4 is 27.3 Å². The minimum Gasteiger partial charge on any atom is -0.312 e. The zero-order valence-electron chi connectivity index (χ0n) is 10.1. The third-order valence-corrected chi connectivity index (χ3v) is 3.92. The SMILES string of the molecule is CS(=O)(=O)Nc1cc2c3c(c1)CC(=O)N3CCC2. The van der Waals surface area contributed by atoms with Crippen molar-refractivity contribution in [2.75, 3.05) is 22.4 Å². The fourth-order valence-electron chi connectivity index (χ4n) is 2.75. The molecule has 0 aliphatic carbocycles. The van der Waals surface area contributed by atoms with Crippen molar-refractivity contribution in [2.45, 2.75) is 19.3 Å². The Labute approximate surface area is 106 Å². The third kappa shape index (κ3) is 1.86. The van der Waals surface area contributed by atoms with E-state index in [2.05, 4.69) is 4.72 Å². The molecule has 0 bridgehead atoms. The highest BCUT2D eigenvalue weighted by Crippen LogP contribution is 2.38. The zero-order chi connectivity index (χ0) is 12.9. The summed E-state index contributed by atoms with van der Waals surface area (Å²) >= 11 is 0. The number of nitrogens with one attached hydrogen (secondary N) is 1. The average Bonchev–Trinajstić information content (AvgIpc) is 2.55. The Morgan fingerprint density at radius 1 is 1.28 bits per heavy atom. The quantitative estimate of drug-likeness (QED) is 0.864. The summed E-state index contributed by atoms with van der Waals surface area (Å²) in [4.78, 5) is 13.7. The van der Waals surface area contributed by atoms with E-state index in [1.807, 2.05) is 11.0 Å². The highest BCUT2D eigenvalue weighted by molar-refractivity contribution is 7.92. The molecular weight excluding hydrogens is 252 g/mol. The summed E-state index contributed by atoms with van der Waals surface area (Å²) in [5, 5.41) is 0. The van der Waals surface area contributed by atoms with Gasteiger partial charge in [0.15, 0.2) is 0 Å². The molecule has 2 heterocycles. The van der Waals surface area contributed by atoms with Gasteiger partial charge in [0.05, 0.1) is 18.4 Å². The molecule has 18 heavy (non-hydrogen) atoms. The second-order valence-electron chi connectivity index (χ2n) is 4.84. The van der Waals surface area contributed by atoms with Gasteiger partial charge in [-0.3, -0.25) is 9.52 Å². The Kier molecular flexibility index (Phi) is 2.38. The third-order valence-electron chi connectivity index (χ3n) is 3.31. The molecule has 5 nitrogen and oxygen atoms in total. The molecule has 3 rings (SSSR count). The van der Waals surface area contributed by atoms with Crippen LogP contribution in [-0.4, -0.2) is 27.1 Å². The van der Waals surface area contributed by atoms with Crippen LogP contribution < -0.4 is 9.62 Å². The van der Waals surface area contributed by atoms with Gasteiger partial charge in [0.1, 0.15) is 0 Å². The summed E-state index contributed by atoms with van der Waals surface area (Å²) in [6, 6.07) is 3.60. The van der Waals surface area contributed by atoms with Crippen molar-refractivity contribution < 1.29 is 13.2 Å². The number of benzene rings is 1. The van der Waals surface area contributed by atoms with Crippen LogP contribution in [0.4, 0.5) is 11.4 Å². The van der Waals surface area contributed by atoms with E-state index in [9.17, 15) is 13.2 Å². The number of hydrogen-bond acceptors (Lipinski definition) is 3. The maximum Gasteiger partial charge on any atom is 0.231 e. The normalized spacial score (nSPS) is 17.8. The fourth-order valence-corrected chi connectivity index (χ4v) is 3.30. The van der Waals surface area contributed by atoms with E-state index in [-0.39, 0.29) is 5.91 Å². The number of rotatable bonds is 2. The molecule has 2 aliphatic heterocycles. The number of carbonyl (C=O) groups excluding carboxylic acids is 1. The van der Waals surface area contributed by atoms with Crippen LogP contribution in [0.5, 0.6) is 0 Å². The molecule has 0 aromatic heterocycles. The molecule has 0 radical (unpaired) electrons. The lowest BCUT2D eigenvalue weighted by atomic mass is 9.99. The number of sulfonamides is 1. The first-order valence-electron chi connectivity index (χ1n) is 5.88. The first-order valence-corrected chi connectivity index (χ1v) is 7.77. The molecule has 0 saturated heterocycles. The topological polar surface area (TPSA) is 66.5 Å². The number of nitrogens with zero attached hydrogens (tertiary/aromatic N) is 1. The Morgan fingerprint density at radius 3 is 2.72 bits per heavy atom. The second-order valence-corrected chi connectivity index (χ2v) is 6.59. The number of hydrogen-bond donors (Lipinski definition) is 1. The molecule has 0 atom stereocenters. The number of carbonyl (C=O) groups is 1. The number of anilines is 2. The molecule has 6 heteroatoms. The van der Waals surface area contributed by atoms with Crippen LogP contribution in [0.15, 0.2) is 12.1 Å². The minimum atomic E-state index is -3.28. The highest BCUT2D eigenvalue weighted by Gasteiger charge is 2.32. The van der Waals surface area contributed by atoms with Crippen LogP contribution in [0, 0.1) is 0 Å². The van der Waals surface area contributed by atoms with Crippen molar-refractivity contribution in [1.82, 2.24) is 0 Å². The van der Waals surface area contributed by atoms with E-state index < -0.39 is 10.0 Å². The summed E-state index contributed by atoms with van der Waals surface area (Å²) in [6.45, 7) is 0.775. The molecule has 1 aromatic carbocycles. The van der Waals surface area contributed by atoms with E-state index >= 15 is 0 Å². The van der Waals surface area contributed by atoms with E-state index in [1.54, 1.807) is 6.07 Å². The van der Waals surface area contributed by atoms with Gasteiger partial charge >= 0.3 is 0 Å². The lowest BCUT2D eigenvalue weighted by Gasteiger charge is -2.26. The van der Waals surface area contributed by atoms with Gasteiger partial charge in [0.25, 0.3) is 0 Å². The average molecular weight is 266 g/mol. The molecule has 0 fully saturated rings. The predicted molar refractivity (Wildman–Crippen MR) is 69.3 cm³/mol. The van der Waals surface area contributed by atoms with Gasteiger partial charge in [-0.05, 0) is 36.1 Å². The lowest BCUT2D eigenvalue weighted by molar-refractivity contribution is -0.117. The molecule has 2 aliphatic rings. The molecule has 1 amide bonds. The molecular formula is C12H14N2O3S. The van der Waals surface area contributed by atoms with Gasteiger partial charge in [-0.25, -0.2) is 8.42 Å². The van der Waals surface area contributed by atoms with Crippen LogP contribution in [0.2, 0.25) is 0 Å². The maximum absolute atomic E-state index is 11.8. The van der Waals surface area contributed by atoms with Crippen molar-refractivity contribution in [3.05, 3.63) is 23.3 Å². The summed E-state index contributed by atoms with van der Waals surface area (Å²) < 4.78 is 25.0. The van der Waals surface area contributed by atoms with Crippen LogP contribution >= 0.6 is 0 Å². The Bertz CT molecular complexity index is 637. The molecule has 96 valence electrons. The van der Waals surface area contributed by atoms with Gasteiger partial charge in [-0.2, -0.15) is 0 Å². The summed E-state index contributed by atoms with van der Waals surface area (Å²) in [5.41, 5.74) is 3.56. The van der Waals surface area contributed by atoms with E-state index in [0.717, 1.165) is 42.5 Å². The first-order chi connectivity index (χ1) is 8.44. The Morgan fingerprint density at radius 2 is 2.00 bits per heavy atom. The predicted octanol–water partition coefficient (Wildman–Crippen LogP) is 0.893. The molecule has 0 saturated carbocycles. The van der Waals surface area contributed by atoms with Crippen molar-refractivity contribution in [3.63, 3.8) is 0 Å². The van der Waals surface area contributed by atoms with Gasteiger partial charge in [-0.1, -0.05) is 0 Å². The minimum absolute atomic E-state index is 0.113. The van der Waals surface area contributed by atoms with Crippen LogP contribution in [0.25, 0.3) is 0 Å². The first kappa shape index (κ1) is 11.5. The van der Waals surface area contributed by atoms with Gasteiger partial charge < -0.3 is 4.90 Å². The van der Waals surface area contributed by atoms with Crippen molar-refractivity contribution in [3.8, 4) is 0 Å². The molecule has 1 aromatic rings. The smallest absolute Gasteiger partial charge is 0.231 e. The Balaban J connectivity index is 2.09. The lowest BCUT2D eigenvalue weighted by Crippen LogP contribution is -2.31. The van der Waals surface area contributed by atoms with E-state index in [1.165, 1.54) is 0 Å². The summed E-state index contributed by atoms with van der Waals surface area (Å²) in [7, 11) is -3.28. The molecule has 0 unspecified atom stereocenters.